The van der Waals surface area contributed by atoms with E-state index in [4.69, 9.17) is 4.74 Å². The van der Waals surface area contributed by atoms with Crippen molar-refractivity contribution >= 4 is 11.3 Å². The molecule has 2 heterocycles. The molecule has 3 rings (SSSR count). The Morgan fingerprint density at radius 1 is 1.45 bits per heavy atom. The molecule has 0 bridgehead atoms. The van der Waals surface area contributed by atoms with Crippen LogP contribution in [0.5, 0.6) is 0 Å². The average Bonchev–Trinajstić information content (AvgIpc) is 3.11. The first-order valence-electron chi connectivity index (χ1n) is 7.63. The van der Waals surface area contributed by atoms with Crippen molar-refractivity contribution in [3.8, 4) is 0 Å². The maximum absolute atomic E-state index is 5.93. The van der Waals surface area contributed by atoms with Crippen LogP contribution in [0, 0.1) is 12.8 Å². The number of thiazole rings is 1. The molecule has 20 heavy (non-hydrogen) atoms. The van der Waals surface area contributed by atoms with Gasteiger partial charge in [-0.3, -0.25) is 4.90 Å². The van der Waals surface area contributed by atoms with Crippen LogP contribution < -0.4 is 0 Å². The summed E-state index contributed by atoms with van der Waals surface area (Å²) in [7, 11) is 2.19. The summed E-state index contributed by atoms with van der Waals surface area (Å²) in [5.41, 5.74) is 0. The summed E-state index contributed by atoms with van der Waals surface area (Å²) in [5, 5.41) is 1.17. The van der Waals surface area contributed by atoms with E-state index in [2.05, 4.69) is 28.8 Å². The zero-order chi connectivity index (χ0) is 13.9. The van der Waals surface area contributed by atoms with E-state index in [-0.39, 0.29) is 0 Å². The number of nitrogens with zero attached hydrogens (tertiary/aromatic N) is 3. The number of morpholine rings is 1. The topological polar surface area (TPSA) is 28.6 Å². The molecular formula is C15H25N3OS. The Hall–Kier alpha value is -0.490. The maximum atomic E-state index is 5.93. The summed E-state index contributed by atoms with van der Waals surface area (Å²) in [6.07, 6.45) is 5.21. The summed E-state index contributed by atoms with van der Waals surface area (Å²) < 4.78 is 5.93. The van der Waals surface area contributed by atoms with Crippen molar-refractivity contribution in [2.24, 2.45) is 5.92 Å². The number of ether oxygens (including phenoxy) is 1. The van der Waals surface area contributed by atoms with E-state index >= 15 is 0 Å². The molecule has 0 radical (unpaired) electrons. The highest BCUT2D eigenvalue weighted by atomic mass is 32.1. The molecule has 1 aromatic rings. The molecule has 1 saturated heterocycles. The summed E-state index contributed by atoms with van der Waals surface area (Å²) in [4.78, 5) is 10.7. The van der Waals surface area contributed by atoms with Gasteiger partial charge in [-0.15, -0.1) is 11.3 Å². The van der Waals surface area contributed by atoms with Gasteiger partial charge in [0.1, 0.15) is 0 Å². The standard InChI is InChI=1S/C15H25N3OS/c1-12-16-7-15(20-12)11-18(8-13-3-4-13)10-14-9-17(2)5-6-19-14/h7,13-14H,3-6,8-11H2,1-2H3/t14-/m0/s1. The Balaban J connectivity index is 1.56. The number of hydrogen-bond acceptors (Lipinski definition) is 5. The lowest BCUT2D eigenvalue weighted by atomic mass is 10.2. The van der Waals surface area contributed by atoms with E-state index in [0.717, 1.165) is 38.7 Å². The highest BCUT2D eigenvalue weighted by molar-refractivity contribution is 7.11. The van der Waals surface area contributed by atoms with Crippen LogP contribution in [0.4, 0.5) is 0 Å². The van der Waals surface area contributed by atoms with Gasteiger partial charge in [-0.1, -0.05) is 0 Å². The van der Waals surface area contributed by atoms with E-state index in [0.29, 0.717) is 6.10 Å². The van der Waals surface area contributed by atoms with E-state index in [9.17, 15) is 0 Å². The van der Waals surface area contributed by atoms with Gasteiger partial charge >= 0.3 is 0 Å². The molecule has 0 aromatic carbocycles. The van der Waals surface area contributed by atoms with Gasteiger partial charge in [-0.2, -0.15) is 0 Å². The Kier molecular flexibility index (Phi) is 4.71. The molecule has 0 amide bonds. The largest absolute Gasteiger partial charge is 0.374 e. The van der Waals surface area contributed by atoms with Crippen LogP contribution in [-0.4, -0.2) is 60.7 Å². The van der Waals surface area contributed by atoms with Crippen molar-refractivity contribution in [3.63, 3.8) is 0 Å². The van der Waals surface area contributed by atoms with E-state index in [1.165, 1.54) is 29.3 Å². The summed E-state index contributed by atoms with van der Waals surface area (Å²) >= 11 is 1.82. The molecule has 1 aromatic heterocycles. The minimum atomic E-state index is 0.363. The molecule has 2 fully saturated rings. The van der Waals surface area contributed by atoms with Crippen LogP contribution in [0.1, 0.15) is 22.7 Å². The minimum Gasteiger partial charge on any atom is -0.374 e. The first-order chi connectivity index (χ1) is 9.69. The van der Waals surface area contributed by atoms with Crippen LogP contribution in [0.15, 0.2) is 6.20 Å². The first-order valence-corrected chi connectivity index (χ1v) is 8.44. The fraction of sp³-hybridized carbons (Fsp3) is 0.800. The summed E-state index contributed by atoms with van der Waals surface area (Å²) in [5.74, 6) is 0.922. The zero-order valence-electron chi connectivity index (χ0n) is 12.5. The molecule has 0 spiro atoms. The third kappa shape index (κ3) is 4.25. The fourth-order valence-electron chi connectivity index (χ4n) is 2.83. The van der Waals surface area contributed by atoms with Crippen molar-refractivity contribution in [2.45, 2.75) is 32.4 Å². The predicted octanol–water partition coefficient (Wildman–Crippen LogP) is 1.99. The van der Waals surface area contributed by atoms with Crippen LogP contribution in [0.3, 0.4) is 0 Å². The van der Waals surface area contributed by atoms with Gasteiger partial charge in [0.25, 0.3) is 0 Å². The number of aryl methyl sites for hydroxylation is 1. The SMILES string of the molecule is Cc1ncc(CN(CC2CC2)C[C@@H]2CN(C)CCO2)s1. The molecule has 4 nitrogen and oxygen atoms in total. The molecule has 1 aliphatic heterocycles. The van der Waals surface area contributed by atoms with E-state index < -0.39 is 0 Å². The lowest BCUT2D eigenvalue weighted by Crippen LogP contribution is -2.46. The second-order valence-corrected chi connectivity index (χ2v) is 7.56. The van der Waals surface area contributed by atoms with E-state index in [1.807, 2.05) is 17.5 Å². The van der Waals surface area contributed by atoms with Gasteiger partial charge in [0.2, 0.25) is 0 Å². The van der Waals surface area contributed by atoms with Crippen LogP contribution >= 0.6 is 11.3 Å². The average molecular weight is 295 g/mol. The smallest absolute Gasteiger partial charge is 0.0897 e. The van der Waals surface area contributed by atoms with Crippen LogP contribution in [0.2, 0.25) is 0 Å². The van der Waals surface area contributed by atoms with Gasteiger partial charge in [-0.25, -0.2) is 4.98 Å². The predicted molar refractivity (Wildman–Crippen MR) is 82.1 cm³/mol. The highest BCUT2D eigenvalue weighted by Gasteiger charge is 2.27. The molecule has 1 atom stereocenters. The Labute approximate surface area is 125 Å². The molecule has 2 aliphatic rings. The molecule has 1 aliphatic carbocycles. The number of hydrogen-bond donors (Lipinski definition) is 0. The van der Waals surface area contributed by atoms with Gasteiger partial charge in [0.05, 0.1) is 17.7 Å². The van der Waals surface area contributed by atoms with Crippen molar-refractivity contribution in [2.75, 3.05) is 39.8 Å². The maximum Gasteiger partial charge on any atom is 0.0897 e. The number of likely N-dealkylation sites (N-methyl/N-ethyl adjacent to an activating group) is 1. The minimum absolute atomic E-state index is 0.363. The quantitative estimate of drug-likeness (QED) is 0.802. The molecular weight excluding hydrogens is 270 g/mol. The zero-order valence-corrected chi connectivity index (χ0v) is 13.4. The molecule has 1 saturated carbocycles. The van der Waals surface area contributed by atoms with Crippen molar-refractivity contribution in [1.29, 1.82) is 0 Å². The van der Waals surface area contributed by atoms with Crippen molar-refractivity contribution in [3.05, 3.63) is 16.1 Å². The fourth-order valence-corrected chi connectivity index (χ4v) is 3.67. The number of aromatic nitrogens is 1. The molecule has 0 N–H and O–H groups in total. The summed E-state index contributed by atoms with van der Waals surface area (Å²) in [6.45, 7) is 8.39. The Morgan fingerprint density at radius 3 is 2.95 bits per heavy atom. The van der Waals surface area contributed by atoms with Crippen LogP contribution in [0.25, 0.3) is 0 Å². The molecule has 0 unspecified atom stereocenters. The monoisotopic (exact) mass is 295 g/mol. The van der Waals surface area contributed by atoms with Crippen LogP contribution in [-0.2, 0) is 11.3 Å². The first kappa shape index (κ1) is 14.4. The Morgan fingerprint density at radius 2 is 2.30 bits per heavy atom. The second-order valence-electron chi connectivity index (χ2n) is 6.24. The third-order valence-electron chi connectivity index (χ3n) is 4.07. The molecule has 112 valence electrons. The van der Waals surface area contributed by atoms with Gasteiger partial charge < -0.3 is 9.64 Å². The lowest BCUT2D eigenvalue weighted by Gasteiger charge is -2.33. The van der Waals surface area contributed by atoms with Crippen molar-refractivity contribution < 1.29 is 4.74 Å². The number of rotatable bonds is 6. The molecule has 5 heteroatoms. The Bertz CT molecular complexity index is 433. The van der Waals surface area contributed by atoms with E-state index in [1.54, 1.807) is 0 Å². The lowest BCUT2D eigenvalue weighted by molar-refractivity contribution is -0.0371. The normalized spacial score (nSPS) is 24.4. The van der Waals surface area contributed by atoms with Gasteiger partial charge in [-0.05, 0) is 32.7 Å². The second kappa shape index (κ2) is 6.52. The highest BCUT2D eigenvalue weighted by Crippen LogP contribution is 2.30. The van der Waals surface area contributed by atoms with Gasteiger partial charge in [0.15, 0.2) is 0 Å². The third-order valence-corrected chi connectivity index (χ3v) is 4.96. The summed E-state index contributed by atoms with van der Waals surface area (Å²) in [6, 6.07) is 0. The van der Waals surface area contributed by atoms with Crippen molar-refractivity contribution in [1.82, 2.24) is 14.8 Å². The van der Waals surface area contributed by atoms with Gasteiger partial charge in [0, 0.05) is 43.8 Å².